The van der Waals surface area contributed by atoms with Crippen LogP contribution in [0.4, 0.5) is 0 Å². The van der Waals surface area contributed by atoms with E-state index in [1.54, 1.807) is 18.6 Å². The van der Waals surface area contributed by atoms with Crippen LogP contribution in [0.2, 0.25) is 0 Å². The maximum absolute atomic E-state index is 5.02. The molecule has 0 spiro atoms. The molecule has 2 aromatic rings. The van der Waals surface area contributed by atoms with Gasteiger partial charge in [-0.1, -0.05) is 0 Å². The SMILES string of the molecule is Cc1cnc(-c2ncco2)nc1. The molecule has 2 aromatic heterocycles. The molecule has 0 fully saturated rings. The lowest BCUT2D eigenvalue weighted by molar-refractivity contribution is 0.569. The monoisotopic (exact) mass is 161 g/mol. The summed E-state index contributed by atoms with van der Waals surface area (Å²) in [4.78, 5) is 12.0. The van der Waals surface area contributed by atoms with E-state index in [1.807, 2.05) is 6.92 Å². The van der Waals surface area contributed by atoms with Crippen LogP contribution in [-0.2, 0) is 0 Å². The number of aryl methyl sites for hydroxylation is 1. The lowest BCUT2D eigenvalue weighted by Crippen LogP contribution is -1.88. The highest BCUT2D eigenvalue weighted by atomic mass is 16.3. The zero-order valence-corrected chi connectivity index (χ0v) is 6.56. The Kier molecular flexibility index (Phi) is 1.59. The molecule has 0 N–H and O–H groups in total. The smallest absolute Gasteiger partial charge is 0.264 e. The van der Waals surface area contributed by atoms with E-state index in [-0.39, 0.29) is 0 Å². The summed E-state index contributed by atoms with van der Waals surface area (Å²) in [7, 11) is 0. The molecule has 0 radical (unpaired) electrons. The first-order chi connectivity index (χ1) is 5.86. The van der Waals surface area contributed by atoms with Crippen LogP contribution >= 0.6 is 0 Å². The average molecular weight is 161 g/mol. The minimum atomic E-state index is 0.454. The molecule has 0 saturated carbocycles. The number of oxazole rings is 1. The van der Waals surface area contributed by atoms with Crippen molar-refractivity contribution in [3.8, 4) is 11.7 Å². The first-order valence-electron chi connectivity index (χ1n) is 3.55. The van der Waals surface area contributed by atoms with Crippen LogP contribution in [0, 0.1) is 6.92 Å². The maximum Gasteiger partial charge on any atom is 0.264 e. The third-order valence-electron chi connectivity index (χ3n) is 1.40. The summed E-state index contributed by atoms with van der Waals surface area (Å²) < 4.78 is 5.02. The van der Waals surface area contributed by atoms with Gasteiger partial charge >= 0.3 is 0 Å². The summed E-state index contributed by atoms with van der Waals surface area (Å²) in [5, 5.41) is 0. The molecule has 0 saturated heterocycles. The Morgan fingerprint density at radius 1 is 1.17 bits per heavy atom. The van der Waals surface area contributed by atoms with Crippen LogP contribution in [-0.4, -0.2) is 15.0 Å². The zero-order chi connectivity index (χ0) is 8.39. The Morgan fingerprint density at radius 3 is 2.50 bits per heavy atom. The van der Waals surface area contributed by atoms with Crippen molar-refractivity contribution in [2.24, 2.45) is 0 Å². The molecular formula is C8H7N3O. The average Bonchev–Trinajstić information content (AvgIpc) is 2.58. The molecular weight excluding hydrogens is 154 g/mol. The second-order valence-electron chi connectivity index (χ2n) is 2.42. The second-order valence-corrected chi connectivity index (χ2v) is 2.42. The third-order valence-corrected chi connectivity index (χ3v) is 1.40. The summed E-state index contributed by atoms with van der Waals surface area (Å²) >= 11 is 0. The lowest BCUT2D eigenvalue weighted by atomic mass is 10.4. The van der Waals surface area contributed by atoms with Crippen molar-refractivity contribution in [2.75, 3.05) is 0 Å². The fraction of sp³-hybridized carbons (Fsp3) is 0.125. The van der Waals surface area contributed by atoms with Gasteiger partial charge in [-0.3, -0.25) is 0 Å². The minimum absolute atomic E-state index is 0.454. The van der Waals surface area contributed by atoms with Gasteiger partial charge in [0.15, 0.2) is 0 Å². The van der Waals surface area contributed by atoms with Crippen molar-refractivity contribution in [2.45, 2.75) is 6.92 Å². The van der Waals surface area contributed by atoms with Gasteiger partial charge < -0.3 is 4.42 Å². The van der Waals surface area contributed by atoms with Crippen molar-refractivity contribution >= 4 is 0 Å². The van der Waals surface area contributed by atoms with Gasteiger partial charge in [0.25, 0.3) is 5.89 Å². The molecule has 12 heavy (non-hydrogen) atoms. The van der Waals surface area contributed by atoms with Crippen molar-refractivity contribution < 1.29 is 4.42 Å². The molecule has 0 unspecified atom stereocenters. The molecule has 0 aliphatic rings. The highest BCUT2D eigenvalue weighted by Gasteiger charge is 2.03. The minimum Gasteiger partial charge on any atom is -0.442 e. The fourth-order valence-electron chi connectivity index (χ4n) is 0.837. The first kappa shape index (κ1) is 6.97. The maximum atomic E-state index is 5.02. The molecule has 0 atom stereocenters. The topological polar surface area (TPSA) is 51.8 Å². The number of nitrogens with zero attached hydrogens (tertiary/aromatic N) is 3. The van der Waals surface area contributed by atoms with E-state index in [9.17, 15) is 0 Å². The molecule has 60 valence electrons. The number of rotatable bonds is 1. The van der Waals surface area contributed by atoms with Crippen molar-refractivity contribution in [3.63, 3.8) is 0 Å². The van der Waals surface area contributed by atoms with Crippen LogP contribution < -0.4 is 0 Å². The highest BCUT2D eigenvalue weighted by Crippen LogP contribution is 2.09. The van der Waals surface area contributed by atoms with Gasteiger partial charge in [0.05, 0.1) is 6.20 Å². The van der Waals surface area contributed by atoms with Gasteiger partial charge in [-0.15, -0.1) is 0 Å². The molecule has 2 heterocycles. The molecule has 0 aliphatic carbocycles. The van der Waals surface area contributed by atoms with Gasteiger partial charge in [-0.2, -0.15) is 0 Å². The number of hydrogen-bond acceptors (Lipinski definition) is 4. The quantitative estimate of drug-likeness (QED) is 0.635. The largest absolute Gasteiger partial charge is 0.442 e. The van der Waals surface area contributed by atoms with E-state index in [1.165, 1.54) is 6.26 Å². The Labute approximate surface area is 69.3 Å². The van der Waals surface area contributed by atoms with Gasteiger partial charge in [-0.05, 0) is 12.5 Å². The van der Waals surface area contributed by atoms with E-state index < -0.39 is 0 Å². The third kappa shape index (κ3) is 1.18. The van der Waals surface area contributed by atoms with E-state index in [0.717, 1.165) is 5.56 Å². The predicted molar refractivity (Wildman–Crippen MR) is 42.3 cm³/mol. The standard InChI is InChI=1S/C8H7N3O/c1-6-4-10-7(11-5-6)8-9-2-3-12-8/h2-5H,1H3. The van der Waals surface area contributed by atoms with Crippen LogP contribution in [0.15, 0.2) is 29.3 Å². The Balaban J connectivity index is 2.43. The van der Waals surface area contributed by atoms with Crippen molar-refractivity contribution in [1.29, 1.82) is 0 Å². The van der Waals surface area contributed by atoms with Crippen LogP contribution in [0.3, 0.4) is 0 Å². The molecule has 4 heteroatoms. The Hall–Kier alpha value is -1.71. The number of hydrogen-bond donors (Lipinski definition) is 0. The molecule has 0 bridgehead atoms. The number of aromatic nitrogens is 3. The molecule has 2 rings (SSSR count). The summed E-state index contributed by atoms with van der Waals surface area (Å²) in [6.45, 7) is 1.93. The van der Waals surface area contributed by atoms with E-state index >= 15 is 0 Å². The second kappa shape index (κ2) is 2.73. The molecule has 0 amide bonds. The molecule has 0 aromatic carbocycles. The zero-order valence-electron chi connectivity index (χ0n) is 6.56. The van der Waals surface area contributed by atoms with Gasteiger partial charge in [0.1, 0.15) is 6.26 Å². The Morgan fingerprint density at radius 2 is 1.92 bits per heavy atom. The van der Waals surface area contributed by atoms with Crippen LogP contribution in [0.5, 0.6) is 0 Å². The fourth-order valence-corrected chi connectivity index (χ4v) is 0.837. The molecule has 0 aliphatic heterocycles. The first-order valence-corrected chi connectivity index (χ1v) is 3.55. The normalized spacial score (nSPS) is 10.1. The van der Waals surface area contributed by atoms with Crippen molar-refractivity contribution in [1.82, 2.24) is 15.0 Å². The summed E-state index contributed by atoms with van der Waals surface area (Å²) in [5.74, 6) is 0.973. The Bertz CT molecular complexity index is 352. The summed E-state index contributed by atoms with van der Waals surface area (Å²) in [6.07, 6.45) is 6.52. The van der Waals surface area contributed by atoms with Gasteiger partial charge in [0, 0.05) is 12.4 Å². The van der Waals surface area contributed by atoms with E-state index in [0.29, 0.717) is 11.7 Å². The van der Waals surface area contributed by atoms with Crippen LogP contribution in [0.25, 0.3) is 11.7 Å². The van der Waals surface area contributed by atoms with E-state index in [2.05, 4.69) is 15.0 Å². The van der Waals surface area contributed by atoms with E-state index in [4.69, 9.17) is 4.42 Å². The summed E-state index contributed by atoms with van der Waals surface area (Å²) in [6, 6.07) is 0. The lowest BCUT2D eigenvalue weighted by Gasteiger charge is -1.92. The van der Waals surface area contributed by atoms with Crippen molar-refractivity contribution in [3.05, 3.63) is 30.4 Å². The van der Waals surface area contributed by atoms with Crippen LogP contribution in [0.1, 0.15) is 5.56 Å². The highest BCUT2D eigenvalue weighted by molar-refractivity contribution is 5.38. The van der Waals surface area contributed by atoms with Gasteiger partial charge in [-0.25, -0.2) is 15.0 Å². The summed E-state index contributed by atoms with van der Waals surface area (Å²) in [5.41, 5.74) is 1.02. The predicted octanol–water partition coefficient (Wildman–Crippen LogP) is 1.44. The molecule has 4 nitrogen and oxygen atoms in total. The van der Waals surface area contributed by atoms with Gasteiger partial charge in [0.2, 0.25) is 5.82 Å².